The molecule has 7 heteroatoms. The molecule has 2 atom stereocenters. The minimum Gasteiger partial charge on any atom is -0.354 e. The molecule has 6 nitrogen and oxygen atoms in total. The fourth-order valence-electron chi connectivity index (χ4n) is 2.65. The Morgan fingerprint density at radius 1 is 1.30 bits per heavy atom. The fourth-order valence-corrected chi connectivity index (χ4v) is 2.78. The second kappa shape index (κ2) is 6.04. The molecule has 2 aromatic rings. The molecular formula is C16H17ClN4O2. The monoisotopic (exact) mass is 332 g/mol. The van der Waals surface area contributed by atoms with Gasteiger partial charge in [0.15, 0.2) is 5.69 Å². The lowest BCUT2D eigenvalue weighted by Gasteiger charge is -2.05. The molecule has 0 spiro atoms. The highest BCUT2D eigenvalue weighted by Gasteiger charge is 2.44. The maximum atomic E-state index is 12.4. The van der Waals surface area contributed by atoms with Crippen molar-refractivity contribution in [1.82, 2.24) is 15.1 Å². The Morgan fingerprint density at radius 2 is 2.00 bits per heavy atom. The molecule has 0 aliphatic heterocycles. The summed E-state index contributed by atoms with van der Waals surface area (Å²) >= 11 is 5.88. The molecule has 3 rings (SSSR count). The Labute approximate surface area is 138 Å². The molecule has 2 unspecified atom stereocenters. The maximum absolute atomic E-state index is 12.4. The average molecular weight is 333 g/mol. The van der Waals surface area contributed by atoms with Crippen LogP contribution in [0.2, 0.25) is 5.02 Å². The number of aromatic nitrogens is 2. The van der Waals surface area contributed by atoms with E-state index < -0.39 is 0 Å². The largest absolute Gasteiger partial charge is 0.354 e. The molecule has 23 heavy (non-hydrogen) atoms. The smallest absolute Gasteiger partial charge is 0.273 e. The normalized spacial score (nSPS) is 19.3. The lowest BCUT2D eigenvalue weighted by atomic mass is 10.1. The first-order valence-electron chi connectivity index (χ1n) is 7.31. The third-order valence-electron chi connectivity index (χ3n) is 3.95. The van der Waals surface area contributed by atoms with Gasteiger partial charge in [-0.15, -0.1) is 0 Å². The summed E-state index contributed by atoms with van der Waals surface area (Å²) in [6.45, 7) is 0. The van der Waals surface area contributed by atoms with Crippen LogP contribution < -0.4 is 10.6 Å². The van der Waals surface area contributed by atoms with Crippen LogP contribution in [0, 0.1) is 5.92 Å². The van der Waals surface area contributed by atoms with Gasteiger partial charge in [0.1, 0.15) is 0 Å². The standard InChI is InChI=1S/C16H17ClN4O2/c1-18-16(23)14-13(8-21(2)20-14)19-15(22)12-7-11(12)9-3-5-10(17)6-4-9/h3-6,8,11-12H,7H2,1-2H3,(H,18,23)(H,19,22). The summed E-state index contributed by atoms with van der Waals surface area (Å²) in [4.78, 5) is 24.2. The summed E-state index contributed by atoms with van der Waals surface area (Å²) in [5.74, 6) is -0.310. The van der Waals surface area contributed by atoms with Crippen molar-refractivity contribution < 1.29 is 9.59 Å². The number of halogens is 1. The molecule has 0 saturated heterocycles. The summed E-state index contributed by atoms with van der Waals surface area (Å²) in [5, 5.41) is 10.1. The first kappa shape index (κ1) is 15.6. The fraction of sp³-hybridized carbons (Fsp3) is 0.312. The van der Waals surface area contributed by atoms with E-state index in [1.54, 1.807) is 13.2 Å². The van der Waals surface area contributed by atoms with Gasteiger partial charge < -0.3 is 10.6 Å². The van der Waals surface area contributed by atoms with Crippen molar-refractivity contribution in [2.75, 3.05) is 12.4 Å². The Morgan fingerprint density at radius 3 is 2.65 bits per heavy atom. The van der Waals surface area contributed by atoms with E-state index >= 15 is 0 Å². The number of rotatable bonds is 4. The second-order valence-electron chi connectivity index (χ2n) is 5.63. The average Bonchev–Trinajstić information content (AvgIpc) is 3.25. The van der Waals surface area contributed by atoms with Crippen LogP contribution in [0.15, 0.2) is 30.5 Å². The zero-order chi connectivity index (χ0) is 16.6. The predicted molar refractivity (Wildman–Crippen MR) is 87.5 cm³/mol. The van der Waals surface area contributed by atoms with Gasteiger partial charge in [-0.3, -0.25) is 14.3 Å². The van der Waals surface area contributed by atoms with Crippen molar-refractivity contribution in [3.8, 4) is 0 Å². The van der Waals surface area contributed by atoms with Crippen molar-refractivity contribution >= 4 is 29.1 Å². The highest BCUT2D eigenvalue weighted by molar-refractivity contribution is 6.30. The van der Waals surface area contributed by atoms with Crippen LogP contribution in [0.1, 0.15) is 28.4 Å². The van der Waals surface area contributed by atoms with Gasteiger partial charge >= 0.3 is 0 Å². The van der Waals surface area contributed by atoms with Gasteiger partial charge in [-0.25, -0.2) is 0 Å². The zero-order valence-corrected chi connectivity index (χ0v) is 13.6. The summed E-state index contributed by atoms with van der Waals surface area (Å²) in [7, 11) is 3.23. The summed E-state index contributed by atoms with van der Waals surface area (Å²) in [6.07, 6.45) is 2.42. The minimum atomic E-state index is -0.328. The molecule has 1 aliphatic rings. The summed E-state index contributed by atoms with van der Waals surface area (Å²) < 4.78 is 1.50. The van der Waals surface area contributed by atoms with Crippen molar-refractivity contribution in [1.29, 1.82) is 0 Å². The highest BCUT2D eigenvalue weighted by Crippen LogP contribution is 2.48. The number of carbonyl (C=O) groups excluding carboxylic acids is 2. The van der Waals surface area contributed by atoms with E-state index in [0.29, 0.717) is 10.7 Å². The van der Waals surface area contributed by atoms with E-state index in [9.17, 15) is 9.59 Å². The third-order valence-corrected chi connectivity index (χ3v) is 4.21. The zero-order valence-electron chi connectivity index (χ0n) is 12.8. The van der Waals surface area contributed by atoms with Gasteiger partial charge in [0, 0.05) is 31.2 Å². The summed E-state index contributed by atoms with van der Waals surface area (Å²) in [5.41, 5.74) is 1.75. The molecule has 0 radical (unpaired) electrons. The maximum Gasteiger partial charge on any atom is 0.273 e. The van der Waals surface area contributed by atoms with Crippen LogP contribution in [0.3, 0.4) is 0 Å². The molecule has 120 valence electrons. The van der Waals surface area contributed by atoms with E-state index in [4.69, 9.17) is 11.6 Å². The minimum absolute atomic E-state index is 0.0890. The second-order valence-corrected chi connectivity index (χ2v) is 6.07. The molecule has 1 saturated carbocycles. The first-order chi connectivity index (χ1) is 11.0. The number of hydrogen-bond donors (Lipinski definition) is 2. The van der Waals surface area contributed by atoms with E-state index in [1.807, 2.05) is 24.3 Å². The third kappa shape index (κ3) is 3.22. The Bertz CT molecular complexity index is 754. The molecule has 2 amide bonds. The molecule has 2 N–H and O–H groups in total. The van der Waals surface area contributed by atoms with Gasteiger partial charge in [0.25, 0.3) is 5.91 Å². The highest BCUT2D eigenvalue weighted by atomic mass is 35.5. The van der Waals surface area contributed by atoms with Crippen LogP contribution >= 0.6 is 11.6 Å². The van der Waals surface area contributed by atoms with Gasteiger partial charge in [0.05, 0.1) is 5.69 Å². The van der Waals surface area contributed by atoms with E-state index in [0.717, 1.165) is 12.0 Å². The number of hydrogen-bond acceptors (Lipinski definition) is 3. The number of anilines is 1. The first-order valence-corrected chi connectivity index (χ1v) is 7.69. The van der Waals surface area contributed by atoms with Crippen LogP contribution in [-0.4, -0.2) is 28.6 Å². The number of nitrogens with zero attached hydrogens (tertiary/aromatic N) is 2. The van der Waals surface area contributed by atoms with Crippen molar-refractivity contribution in [3.05, 3.63) is 46.7 Å². The SMILES string of the molecule is CNC(=O)c1nn(C)cc1NC(=O)C1CC1c1ccc(Cl)cc1. The van der Waals surface area contributed by atoms with Crippen LogP contribution in [0.5, 0.6) is 0 Å². The number of amides is 2. The van der Waals surface area contributed by atoms with Crippen molar-refractivity contribution in [2.24, 2.45) is 13.0 Å². The van der Waals surface area contributed by atoms with E-state index in [2.05, 4.69) is 15.7 Å². The molecule has 1 aromatic carbocycles. The Hall–Kier alpha value is -2.34. The number of benzene rings is 1. The quantitative estimate of drug-likeness (QED) is 0.901. The number of aryl methyl sites for hydroxylation is 1. The molecule has 1 heterocycles. The molecular weight excluding hydrogens is 316 g/mol. The Kier molecular flexibility index (Phi) is 4.09. The van der Waals surface area contributed by atoms with Crippen molar-refractivity contribution in [3.63, 3.8) is 0 Å². The van der Waals surface area contributed by atoms with Crippen LogP contribution in [0.4, 0.5) is 5.69 Å². The van der Waals surface area contributed by atoms with Gasteiger partial charge in [0.2, 0.25) is 5.91 Å². The molecule has 0 bridgehead atoms. The van der Waals surface area contributed by atoms with E-state index in [1.165, 1.54) is 11.7 Å². The molecule has 1 aliphatic carbocycles. The van der Waals surface area contributed by atoms with Gasteiger partial charge in [-0.2, -0.15) is 5.10 Å². The lowest BCUT2D eigenvalue weighted by Crippen LogP contribution is -2.22. The lowest BCUT2D eigenvalue weighted by molar-refractivity contribution is -0.117. The van der Waals surface area contributed by atoms with Crippen molar-refractivity contribution in [2.45, 2.75) is 12.3 Å². The number of nitrogens with one attached hydrogen (secondary N) is 2. The number of carbonyl (C=O) groups is 2. The molecule has 1 fully saturated rings. The predicted octanol–water partition coefficient (Wildman–Crippen LogP) is 2.18. The van der Waals surface area contributed by atoms with Crippen LogP contribution in [0.25, 0.3) is 0 Å². The Balaban J connectivity index is 1.69. The van der Waals surface area contributed by atoms with Gasteiger partial charge in [-0.05, 0) is 30.0 Å². The van der Waals surface area contributed by atoms with E-state index in [-0.39, 0.29) is 29.3 Å². The van der Waals surface area contributed by atoms with Gasteiger partial charge in [-0.1, -0.05) is 23.7 Å². The van der Waals surface area contributed by atoms with Crippen LogP contribution in [-0.2, 0) is 11.8 Å². The summed E-state index contributed by atoms with van der Waals surface area (Å²) in [6, 6.07) is 7.55. The molecule has 1 aromatic heterocycles. The topological polar surface area (TPSA) is 76.0 Å².